The minimum atomic E-state index is -0.538. The number of rotatable bonds is 7. The number of likely N-dealkylation sites (N-methyl/N-ethyl adjacent to an activating group) is 1. The van der Waals surface area contributed by atoms with Crippen LogP contribution in [0.25, 0.3) is 0 Å². The molecule has 0 unspecified atom stereocenters. The minimum Gasteiger partial charge on any atom is -0.337 e. The van der Waals surface area contributed by atoms with Crippen molar-refractivity contribution in [2.75, 3.05) is 26.7 Å². The van der Waals surface area contributed by atoms with Gasteiger partial charge in [0.25, 0.3) is 5.69 Å². The molecule has 1 amide bonds. The molecule has 1 fully saturated rings. The molecule has 1 atom stereocenters. The first kappa shape index (κ1) is 21.6. The SMILES string of the molecule is CN(C(=O)Cc1cc(Cl)c(Cl)cc1[N+](=O)[O-])[C@H](CN1CCCC1)c1ccccc1. The van der Waals surface area contributed by atoms with Crippen molar-refractivity contribution in [3.8, 4) is 0 Å². The fourth-order valence-electron chi connectivity index (χ4n) is 3.69. The maximum absolute atomic E-state index is 13.1. The van der Waals surface area contributed by atoms with Crippen molar-refractivity contribution in [2.45, 2.75) is 25.3 Å². The smallest absolute Gasteiger partial charge is 0.274 e. The van der Waals surface area contributed by atoms with E-state index in [0.717, 1.165) is 38.0 Å². The average Bonchev–Trinajstić information content (AvgIpc) is 3.22. The molecule has 1 aliphatic rings. The lowest BCUT2D eigenvalue weighted by Gasteiger charge is -2.32. The van der Waals surface area contributed by atoms with Crippen LogP contribution in [0.1, 0.15) is 30.0 Å². The second-order valence-corrected chi connectivity index (χ2v) is 8.08. The first-order valence-corrected chi connectivity index (χ1v) is 10.3. The fraction of sp³-hybridized carbons (Fsp3) is 0.381. The molecule has 0 spiro atoms. The Kier molecular flexibility index (Phi) is 7.11. The van der Waals surface area contributed by atoms with Crippen LogP contribution in [-0.2, 0) is 11.2 Å². The molecule has 6 nitrogen and oxygen atoms in total. The minimum absolute atomic E-state index is 0.0964. The van der Waals surface area contributed by atoms with Gasteiger partial charge in [0.2, 0.25) is 5.91 Å². The highest BCUT2D eigenvalue weighted by Gasteiger charge is 2.27. The van der Waals surface area contributed by atoms with Crippen LogP contribution < -0.4 is 0 Å². The summed E-state index contributed by atoms with van der Waals surface area (Å²) in [6.07, 6.45) is 2.20. The normalized spacial score (nSPS) is 15.3. The molecule has 0 aromatic heterocycles. The second-order valence-electron chi connectivity index (χ2n) is 7.27. The van der Waals surface area contributed by atoms with Crippen LogP contribution >= 0.6 is 23.2 Å². The summed E-state index contributed by atoms with van der Waals surface area (Å²) >= 11 is 12.0. The topological polar surface area (TPSA) is 66.7 Å². The molecule has 29 heavy (non-hydrogen) atoms. The zero-order chi connectivity index (χ0) is 21.0. The van der Waals surface area contributed by atoms with Gasteiger partial charge in [0.15, 0.2) is 0 Å². The monoisotopic (exact) mass is 435 g/mol. The van der Waals surface area contributed by atoms with Gasteiger partial charge in [-0.1, -0.05) is 53.5 Å². The number of benzene rings is 2. The molecule has 2 aromatic rings. The zero-order valence-electron chi connectivity index (χ0n) is 16.2. The number of carbonyl (C=O) groups is 1. The predicted octanol–water partition coefficient (Wildman–Crippen LogP) is 4.74. The van der Waals surface area contributed by atoms with Crippen molar-refractivity contribution < 1.29 is 9.72 Å². The van der Waals surface area contributed by atoms with E-state index in [0.29, 0.717) is 0 Å². The molecular formula is C21H23Cl2N3O3. The van der Waals surface area contributed by atoms with E-state index in [1.165, 1.54) is 12.1 Å². The van der Waals surface area contributed by atoms with E-state index >= 15 is 0 Å². The molecule has 3 rings (SSSR count). The van der Waals surface area contributed by atoms with Crippen LogP contribution in [0, 0.1) is 10.1 Å². The maximum atomic E-state index is 13.1. The Hall–Kier alpha value is -2.15. The second kappa shape index (κ2) is 9.57. The largest absolute Gasteiger partial charge is 0.337 e. The molecular weight excluding hydrogens is 413 g/mol. The number of halogens is 2. The van der Waals surface area contributed by atoms with Gasteiger partial charge >= 0.3 is 0 Å². The molecule has 0 N–H and O–H groups in total. The summed E-state index contributed by atoms with van der Waals surface area (Å²) < 4.78 is 0. The van der Waals surface area contributed by atoms with Crippen LogP contribution in [0.15, 0.2) is 42.5 Å². The first-order chi connectivity index (χ1) is 13.9. The van der Waals surface area contributed by atoms with Gasteiger partial charge in [-0.05, 0) is 37.6 Å². The molecule has 8 heteroatoms. The Morgan fingerprint density at radius 3 is 2.41 bits per heavy atom. The van der Waals surface area contributed by atoms with Gasteiger partial charge in [-0.15, -0.1) is 0 Å². The van der Waals surface area contributed by atoms with E-state index in [4.69, 9.17) is 23.2 Å². The van der Waals surface area contributed by atoms with E-state index < -0.39 is 4.92 Å². The van der Waals surface area contributed by atoms with E-state index in [9.17, 15) is 14.9 Å². The summed E-state index contributed by atoms with van der Waals surface area (Å²) in [5.74, 6) is -0.209. The van der Waals surface area contributed by atoms with E-state index in [2.05, 4.69) is 4.90 Å². The molecule has 0 aliphatic carbocycles. The molecule has 0 radical (unpaired) electrons. The van der Waals surface area contributed by atoms with Crippen LogP contribution in [0.2, 0.25) is 10.0 Å². The molecule has 2 aromatic carbocycles. The lowest BCUT2D eigenvalue weighted by Crippen LogP contribution is -2.39. The first-order valence-electron chi connectivity index (χ1n) is 9.52. The van der Waals surface area contributed by atoms with Gasteiger partial charge in [0.05, 0.1) is 27.4 Å². The lowest BCUT2D eigenvalue weighted by molar-refractivity contribution is -0.385. The van der Waals surface area contributed by atoms with Gasteiger partial charge < -0.3 is 9.80 Å². The highest BCUT2D eigenvalue weighted by Crippen LogP contribution is 2.32. The number of nitrogens with zero attached hydrogens (tertiary/aromatic N) is 3. The molecule has 0 saturated carbocycles. The summed E-state index contributed by atoms with van der Waals surface area (Å²) in [6, 6.07) is 12.3. The highest BCUT2D eigenvalue weighted by molar-refractivity contribution is 6.42. The van der Waals surface area contributed by atoms with Crippen LogP contribution in [0.3, 0.4) is 0 Å². The summed E-state index contributed by atoms with van der Waals surface area (Å²) in [6.45, 7) is 2.77. The summed E-state index contributed by atoms with van der Waals surface area (Å²) in [4.78, 5) is 28.0. The van der Waals surface area contributed by atoms with Gasteiger partial charge in [0.1, 0.15) is 0 Å². The van der Waals surface area contributed by atoms with Crippen molar-refractivity contribution in [1.82, 2.24) is 9.80 Å². The van der Waals surface area contributed by atoms with Crippen molar-refractivity contribution in [1.29, 1.82) is 0 Å². The summed E-state index contributed by atoms with van der Waals surface area (Å²) in [7, 11) is 1.75. The quantitative estimate of drug-likeness (QED) is 0.465. The number of carbonyl (C=O) groups excluding carboxylic acids is 1. The summed E-state index contributed by atoms with van der Waals surface area (Å²) in [5.41, 5.74) is 1.10. The van der Waals surface area contributed by atoms with Gasteiger partial charge in [-0.25, -0.2) is 0 Å². The number of hydrogen-bond donors (Lipinski definition) is 0. The zero-order valence-corrected chi connectivity index (χ0v) is 17.7. The predicted molar refractivity (Wildman–Crippen MR) is 114 cm³/mol. The van der Waals surface area contributed by atoms with Crippen LogP contribution in [0.4, 0.5) is 5.69 Å². The summed E-state index contributed by atoms with van der Waals surface area (Å²) in [5, 5.41) is 11.7. The third kappa shape index (κ3) is 5.26. The standard InChI is InChI=1S/C21H23Cl2N3O3/c1-24(20(14-25-9-5-6-10-25)15-7-3-2-4-8-15)21(27)12-16-11-17(22)18(23)13-19(16)26(28)29/h2-4,7-8,11,13,20H,5-6,9-10,12,14H2,1H3/t20-/m1/s1. The lowest BCUT2D eigenvalue weighted by atomic mass is 10.0. The number of amides is 1. The van der Waals surface area contributed by atoms with E-state index in [-0.39, 0.29) is 39.7 Å². The van der Waals surface area contributed by atoms with Crippen molar-refractivity contribution in [3.63, 3.8) is 0 Å². The van der Waals surface area contributed by atoms with Crippen LogP contribution in [-0.4, -0.2) is 47.3 Å². The third-order valence-corrected chi connectivity index (χ3v) is 6.06. The number of hydrogen-bond acceptors (Lipinski definition) is 4. The third-order valence-electron chi connectivity index (χ3n) is 5.33. The number of likely N-dealkylation sites (tertiary alicyclic amines) is 1. The molecule has 1 aliphatic heterocycles. The maximum Gasteiger partial charge on any atom is 0.274 e. The highest BCUT2D eigenvalue weighted by atomic mass is 35.5. The molecule has 1 saturated heterocycles. The molecule has 1 heterocycles. The Morgan fingerprint density at radius 2 is 1.79 bits per heavy atom. The van der Waals surface area contributed by atoms with Gasteiger partial charge in [0, 0.05) is 25.2 Å². The molecule has 154 valence electrons. The fourth-order valence-corrected chi connectivity index (χ4v) is 4.03. The van der Waals surface area contributed by atoms with E-state index in [1.807, 2.05) is 30.3 Å². The van der Waals surface area contributed by atoms with Crippen molar-refractivity contribution >= 4 is 34.8 Å². The average molecular weight is 436 g/mol. The number of nitro groups is 1. The Balaban J connectivity index is 1.84. The van der Waals surface area contributed by atoms with Crippen LogP contribution in [0.5, 0.6) is 0 Å². The number of nitro benzene ring substituents is 1. The van der Waals surface area contributed by atoms with Gasteiger partial charge in [-0.2, -0.15) is 0 Å². The van der Waals surface area contributed by atoms with E-state index in [1.54, 1.807) is 11.9 Å². The Labute approximate surface area is 180 Å². The van der Waals surface area contributed by atoms with Crippen molar-refractivity contribution in [2.24, 2.45) is 0 Å². The van der Waals surface area contributed by atoms with Crippen molar-refractivity contribution in [3.05, 3.63) is 73.8 Å². The Morgan fingerprint density at radius 1 is 1.17 bits per heavy atom. The Bertz CT molecular complexity index is 886. The van der Waals surface area contributed by atoms with Gasteiger partial charge in [-0.3, -0.25) is 14.9 Å². The molecule has 0 bridgehead atoms.